The monoisotopic (exact) mass is 183 g/mol. The quantitative estimate of drug-likeness (QED) is 0.456. The lowest BCUT2D eigenvalue weighted by atomic mass is 10.4. The molecule has 0 fully saturated rings. The van der Waals surface area contributed by atoms with Crippen molar-refractivity contribution >= 4 is 11.9 Å². The molecule has 0 aromatic rings. The van der Waals surface area contributed by atoms with E-state index in [9.17, 15) is 9.59 Å². The van der Waals surface area contributed by atoms with Crippen molar-refractivity contribution in [1.29, 1.82) is 0 Å². The van der Waals surface area contributed by atoms with Gasteiger partial charge in [0.25, 0.3) is 5.91 Å². The predicted octanol–water partition coefficient (Wildman–Crippen LogP) is 0.0312. The predicted molar refractivity (Wildman–Crippen MR) is 47.7 cm³/mol. The van der Waals surface area contributed by atoms with Crippen LogP contribution in [-0.4, -0.2) is 37.0 Å². The summed E-state index contributed by atoms with van der Waals surface area (Å²) in [6, 6.07) is 0. The summed E-state index contributed by atoms with van der Waals surface area (Å²) in [5, 5.41) is 0. The molecule has 1 amide bonds. The number of terminal acetylenes is 1. The molecule has 0 rings (SSSR count). The lowest BCUT2D eigenvalue weighted by Crippen LogP contribution is -2.35. The third-order valence-corrected chi connectivity index (χ3v) is 1.45. The molecule has 0 atom stereocenters. The summed E-state index contributed by atoms with van der Waals surface area (Å²) in [5.74, 6) is 1.02. The number of methoxy groups -OCH3 is 1. The highest BCUT2D eigenvalue weighted by Crippen LogP contribution is 1.93. The van der Waals surface area contributed by atoms with Gasteiger partial charge in [-0.05, 0) is 12.3 Å². The smallest absolute Gasteiger partial charge is 0.325 e. The second-order valence-corrected chi connectivity index (χ2v) is 2.45. The van der Waals surface area contributed by atoms with Crippen LogP contribution in [0.1, 0.15) is 13.3 Å². The van der Waals surface area contributed by atoms with Gasteiger partial charge in [-0.3, -0.25) is 9.59 Å². The van der Waals surface area contributed by atoms with Gasteiger partial charge in [0.1, 0.15) is 6.54 Å². The van der Waals surface area contributed by atoms with E-state index < -0.39 is 11.9 Å². The zero-order chi connectivity index (χ0) is 10.3. The van der Waals surface area contributed by atoms with E-state index in [-0.39, 0.29) is 6.54 Å². The van der Waals surface area contributed by atoms with Crippen molar-refractivity contribution in [2.75, 3.05) is 20.2 Å². The van der Waals surface area contributed by atoms with Crippen molar-refractivity contribution in [3.63, 3.8) is 0 Å². The average Bonchev–Trinajstić information content (AvgIpc) is 2.15. The number of ether oxygens (including phenoxy) is 1. The van der Waals surface area contributed by atoms with Crippen LogP contribution in [0.3, 0.4) is 0 Å². The number of carbonyl (C=O) groups is 2. The topological polar surface area (TPSA) is 46.6 Å². The summed E-state index contributed by atoms with van der Waals surface area (Å²) in [4.78, 5) is 23.2. The Morgan fingerprint density at radius 1 is 1.54 bits per heavy atom. The largest absolute Gasteiger partial charge is 0.468 e. The van der Waals surface area contributed by atoms with E-state index in [0.29, 0.717) is 6.54 Å². The fourth-order valence-corrected chi connectivity index (χ4v) is 0.834. The molecule has 0 saturated carbocycles. The van der Waals surface area contributed by atoms with Gasteiger partial charge >= 0.3 is 5.97 Å². The summed E-state index contributed by atoms with van der Waals surface area (Å²) < 4.78 is 4.42. The van der Waals surface area contributed by atoms with Crippen molar-refractivity contribution < 1.29 is 14.3 Å². The van der Waals surface area contributed by atoms with Crippen LogP contribution in [0.5, 0.6) is 0 Å². The molecule has 72 valence electrons. The molecule has 0 N–H and O–H groups in total. The van der Waals surface area contributed by atoms with E-state index >= 15 is 0 Å². The number of hydrogen-bond acceptors (Lipinski definition) is 3. The fourth-order valence-electron chi connectivity index (χ4n) is 0.834. The van der Waals surface area contributed by atoms with Gasteiger partial charge in [0.15, 0.2) is 0 Å². The van der Waals surface area contributed by atoms with Gasteiger partial charge in [-0.25, -0.2) is 0 Å². The molecular weight excluding hydrogens is 170 g/mol. The van der Waals surface area contributed by atoms with Gasteiger partial charge in [0.05, 0.1) is 7.11 Å². The highest BCUT2D eigenvalue weighted by atomic mass is 16.5. The summed E-state index contributed by atoms with van der Waals surface area (Å²) in [5.41, 5.74) is 0. The van der Waals surface area contributed by atoms with Gasteiger partial charge in [0, 0.05) is 6.54 Å². The molecule has 0 heterocycles. The summed E-state index contributed by atoms with van der Waals surface area (Å²) in [6.45, 7) is 2.29. The van der Waals surface area contributed by atoms with Gasteiger partial charge in [-0.1, -0.05) is 6.92 Å². The first-order chi connectivity index (χ1) is 6.15. The molecule has 0 aliphatic rings. The Hall–Kier alpha value is -1.50. The van der Waals surface area contributed by atoms with Crippen LogP contribution in [0, 0.1) is 12.3 Å². The Balaban J connectivity index is 4.19. The number of carbonyl (C=O) groups excluding carboxylic acids is 2. The Bertz CT molecular complexity index is 230. The Morgan fingerprint density at radius 3 is 2.54 bits per heavy atom. The maximum atomic E-state index is 11.0. The van der Waals surface area contributed by atoms with Crippen LogP contribution in [0.2, 0.25) is 0 Å². The number of nitrogens with zero attached hydrogens (tertiary/aromatic N) is 1. The Morgan fingerprint density at radius 2 is 2.15 bits per heavy atom. The normalized spacial score (nSPS) is 8.69. The third-order valence-electron chi connectivity index (χ3n) is 1.45. The van der Waals surface area contributed by atoms with E-state index in [1.54, 1.807) is 0 Å². The first kappa shape index (κ1) is 11.5. The summed E-state index contributed by atoms with van der Waals surface area (Å²) in [6.07, 6.45) is 5.68. The molecule has 0 saturated heterocycles. The molecule has 0 spiro atoms. The second-order valence-electron chi connectivity index (χ2n) is 2.45. The van der Waals surface area contributed by atoms with Crippen LogP contribution in [0.25, 0.3) is 0 Å². The molecular formula is C9H13NO3. The van der Waals surface area contributed by atoms with Gasteiger partial charge < -0.3 is 9.64 Å². The lowest BCUT2D eigenvalue weighted by molar-refractivity contribution is -0.145. The van der Waals surface area contributed by atoms with Crippen LogP contribution in [-0.2, 0) is 14.3 Å². The number of hydrogen-bond donors (Lipinski definition) is 0. The van der Waals surface area contributed by atoms with Crippen molar-refractivity contribution in [2.24, 2.45) is 0 Å². The second kappa shape index (κ2) is 6.06. The average molecular weight is 183 g/mol. The number of rotatable bonds is 4. The zero-order valence-electron chi connectivity index (χ0n) is 7.87. The van der Waals surface area contributed by atoms with Crippen LogP contribution < -0.4 is 0 Å². The van der Waals surface area contributed by atoms with Crippen molar-refractivity contribution in [1.82, 2.24) is 4.90 Å². The van der Waals surface area contributed by atoms with E-state index in [1.165, 1.54) is 12.0 Å². The molecule has 0 unspecified atom stereocenters. The van der Waals surface area contributed by atoms with Crippen LogP contribution in [0.4, 0.5) is 0 Å². The summed E-state index contributed by atoms with van der Waals surface area (Å²) >= 11 is 0. The van der Waals surface area contributed by atoms with E-state index in [0.717, 1.165) is 6.42 Å². The van der Waals surface area contributed by atoms with Crippen LogP contribution >= 0.6 is 0 Å². The minimum atomic E-state index is -0.479. The van der Waals surface area contributed by atoms with Crippen LogP contribution in [0.15, 0.2) is 0 Å². The highest BCUT2D eigenvalue weighted by molar-refractivity contribution is 5.94. The fraction of sp³-hybridized carbons (Fsp3) is 0.556. The molecule has 13 heavy (non-hydrogen) atoms. The Kier molecular flexibility index (Phi) is 5.37. The van der Waals surface area contributed by atoms with Crippen molar-refractivity contribution in [2.45, 2.75) is 13.3 Å². The molecule has 0 aromatic carbocycles. The SMILES string of the molecule is C#CC(=O)N(CCC)CC(=O)OC. The molecule has 0 bridgehead atoms. The van der Waals surface area contributed by atoms with Crippen molar-refractivity contribution in [3.8, 4) is 12.3 Å². The standard InChI is InChI=1S/C9H13NO3/c1-4-6-10(8(11)5-2)7-9(12)13-3/h2H,4,6-7H2,1,3H3. The molecule has 4 heteroatoms. The maximum Gasteiger partial charge on any atom is 0.325 e. The third kappa shape index (κ3) is 4.16. The Labute approximate surface area is 77.9 Å². The first-order valence-corrected chi connectivity index (χ1v) is 3.98. The minimum absolute atomic E-state index is 0.0760. The lowest BCUT2D eigenvalue weighted by Gasteiger charge is -2.17. The zero-order valence-corrected chi connectivity index (χ0v) is 7.87. The van der Waals surface area contributed by atoms with Gasteiger partial charge in [-0.2, -0.15) is 0 Å². The maximum absolute atomic E-state index is 11.0. The van der Waals surface area contributed by atoms with E-state index in [2.05, 4.69) is 4.74 Å². The van der Waals surface area contributed by atoms with Gasteiger partial charge in [-0.15, -0.1) is 6.42 Å². The number of amides is 1. The summed E-state index contributed by atoms with van der Waals surface area (Å²) in [7, 11) is 1.27. The minimum Gasteiger partial charge on any atom is -0.468 e. The number of esters is 1. The van der Waals surface area contributed by atoms with Gasteiger partial charge in [0.2, 0.25) is 0 Å². The first-order valence-electron chi connectivity index (χ1n) is 3.98. The molecule has 0 aliphatic heterocycles. The molecule has 4 nitrogen and oxygen atoms in total. The molecule has 0 radical (unpaired) electrons. The van der Waals surface area contributed by atoms with E-state index in [4.69, 9.17) is 6.42 Å². The highest BCUT2D eigenvalue weighted by Gasteiger charge is 2.13. The van der Waals surface area contributed by atoms with E-state index in [1.807, 2.05) is 12.8 Å². The van der Waals surface area contributed by atoms with Crippen molar-refractivity contribution in [3.05, 3.63) is 0 Å². The molecule has 0 aliphatic carbocycles. The molecule has 0 aromatic heterocycles.